The molecule has 2 rings (SSSR count). The molecule has 0 saturated heterocycles. The fraction of sp³-hybridized carbons (Fsp3) is 0.294. The maximum absolute atomic E-state index is 12.4. The lowest BCUT2D eigenvalue weighted by Crippen LogP contribution is -2.25. The van der Waals surface area contributed by atoms with Crippen molar-refractivity contribution in [2.24, 2.45) is 0 Å². The number of ether oxygens (including phenoxy) is 1. The van der Waals surface area contributed by atoms with Gasteiger partial charge in [-0.15, -0.1) is 0 Å². The van der Waals surface area contributed by atoms with E-state index in [4.69, 9.17) is 14.3 Å². The number of aryl methyl sites for hydroxylation is 1. The van der Waals surface area contributed by atoms with Gasteiger partial charge in [-0.1, -0.05) is 19.1 Å². The molecule has 1 N–H and O–H groups in total. The molecular formula is C17H19NO5. The minimum absolute atomic E-state index is 0.0321. The maximum Gasteiger partial charge on any atom is 0.339 e. The molecule has 6 nitrogen and oxygen atoms in total. The van der Waals surface area contributed by atoms with Crippen molar-refractivity contribution >= 4 is 11.9 Å². The Balaban J connectivity index is 2.17. The van der Waals surface area contributed by atoms with Gasteiger partial charge in [0.15, 0.2) is 5.76 Å². The van der Waals surface area contributed by atoms with Gasteiger partial charge >= 0.3 is 5.97 Å². The van der Waals surface area contributed by atoms with E-state index in [0.717, 1.165) is 5.56 Å². The second-order valence-corrected chi connectivity index (χ2v) is 5.12. The first-order valence-corrected chi connectivity index (χ1v) is 7.20. The van der Waals surface area contributed by atoms with E-state index in [1.165, 1.54) is 11.0 Å². The van der Waals surface area contributed by atoms with Gasteiger partial charge in [0.05, 0.1) is 7.11 Å². The van der Waals surface area contributed by atoms with E-state index in [-0.39, 0.29) is 17.2 Å². The lowest BCUT2D eigenvalue weighted by atomic mass is 10.2. The summed E-state index contributed by atoms with van der Waals surface area (Å²) in [5.41, 5.74) is 0.937. The Kier molecular flexibility index (Phi) is 5.05. The van der Waals surface area contributed by atoms with Crippen molar-refractivity contribution in [3.63, 3.8) is 0 Å². The van der Waals surface area contributed by atoms with Gasteiger partial charge in [-0.05, 0) is 17.7 Å². The second-order valence-electron chi connectivity index (χ2n) is 5.12. The molecule has 0 radical (unpaired) electrons. The normalized spacial score (nSPS) is 10.4. The molecular weight excluding hydrogens is 298 g/mol. The summed E-state index contributed by atoms with van der Waals surface area (Å²) >= 11 is 0. The SMILES string of the molecule is CCc1oc(C(=O)N(C)Cc2cccc(OC)c2)cc1C(=O)O. The first kappa shape index (κ1) is 16.6. The summed E-state index contributed by atoms with van der Waals surface area (Å²) in [6, 6.07) is 8.67. The van der Waals surface area contributed by atoms with Crippen LogP contribution in [0.2, 0.25) is 0 Å². The second kappa shape index (κ2) is 7.00. The van der Waals surface area contributed by atoms with Crippen LogP contribution in [0.25, 0.3) is 0 Å². The van der Waals surface area contributed by atoms with E-state index in [0.29, 0.717) is 24.5 Å². The highest BCUT2D eigenvalue weighted by Crippen LogP contribution is 2.19. The number of amides is 1. The number of rotatable bonds is 6. The summed E-state index contributed by atoms with van der Waals surface area (Å²) in [5.74, 6) is -0.418. The Morgan fingerprint density at radius 1 is 1.30 bits per heavy atom. The molecule has 2 aromatic rings. The van der Waals surface area contributed by atoms with Crippen molar-refractivity contribution in [1.29, 1.82) is 0 Å². The third-order valence-electron chi connectivity index (χ3n) is 3.47. The van der Waals surface area contributed by atoms with E-state index in [1.807, 2.05) is 24.3 Å². The molecule has 1 amide bonds. The van der Waals surface area contributed by atoms with Crippen LogP contribution in [0.3, 0.4) is 0 Å². The average Bonchev–Trinajstić information content (AvgIpc) is 2.98. The highest BCUT2D eigenvalue weighted by Gasteiger charge is 2.22. The Bertz CT molecular complexity index is 720. The zero-order valence-corrected chi connectivity index (χ0v) is 13.3. The average molecular weight is 317 g/mol. The zero-order valence-electron chi connectivity index (χ0n) is 13.3. The largest absolute Gasteiger partial charge is 0.497 e. The topological polar surface area (TPSA) is 80.0 Å². The van der Waals surface area contributed by atoms with Gasteiger partial charge in [0.1, 0.15) is 17.1 Å². The van der Waals surface area contributed by atoms with Crippen LogP contribution in [-0.2, 0) is 13.0 Å². The molecule has 0 bridgehead atoms. The van der Waals surface area contributed by atoms with Crippen LogP contribution >= 0.6 is 0 Å². The van der Waals surface area contributed by atoms with Crippen molar-refractivity contribution in [3.8, 4) is 5.75 Å². The summed E-state index contributed by atoms with van der Waals surface area (Å²) in [5, 5.41) is 9.12. The lowest BCUT2D eigenvalue weighted by molar-refractivity contribution is 0.0693. The number of carbonyl (C=O) groups excluding carboxylic acids is 1. The van der Waals surface area contributed by atoms with Crippen LogP contribution in [0.4, 0.5) is 0 Å². The Labute approximate surface area is 134 Å². The van der Waals surface area contributed by atoms with E-state index in [2.05, 4.69) is 0 Å². The van der Waals surface area contributed by atoms with E-state index in [9.17, 15) is 9.59 Å². The number of nitrogens with zero attached hydrogens (tertiary/aromatic N) is 1. The smallest absolute Gasteiger partial charge is 0.339 e. The van der Waals surface area contributed by atoms with Crippen molar-refractivity contribution in [1.82, 2.24) is 4.90 Å². The van der Waals surface area contributed by atoms with Gasteiger partial charge in [-0.2, -0.15) is 0 Å². The third kappa shape index (κ3) is 3.71. The number of aromatic carboxylic acids is 1. The first-order valence-electron chi connectivity index (χ1n) is 7.20. The third-order valence-corrected chi connectivity index (χ3v) is 3.47. The zero-order chi connectivity index (χ0) is 17.0. The van der Waals surface area contributed by atoms with Crippen molar-refractivity contribution < 1.29 is 23.8 Å². The van der Waals surface area contributed by atoms with Gasteiger partial charge in [0.2, 0.25) is 0 Å². The molecule has 0 aliphatic rings. The summed E-state index contributed by atoms with van der Waals surface area (Å²) in [6.45, 7) is 2.14. The molecule has 0 fully saturated rings. The molecule has 6 heteroatoms. The van der Waals surface area contributed by atoms with Gasteiger partial charge in [-0.25, -0.2) is 4.79 Å². The number of hydrogen-bond donors (Lipinski definition) is 1. The standard InChI is InChI=1S/C17H19NO5/c1-4-14-13(17(20)21)9-15(23-14)16(19)18(2)10-11-6-5-7-12(8-11)22-3/h5-9H,4,10H2,1-3H3,(H,20,21). The fourth-order valence-corrected chi connectivity index (χ4v) is 2.28. The van der Waals surface area contributed by atoms with E-state index in [1.54, 1.807) is 21.1 Å². The molecule has 0 aliphatic carbocycles. The number of carboxylic acids is 1. The number of carbonyl (C=O) groups is 2. The lowest BCUT2D eigenvalue weighted by Gasteiger charge is -2.16. The van der Waals surface area contributed by atoms with E-state index >= 15 is 0 Å². The quantitative estimate of drug-likeness (QED) is 0.886. The summed E-state index contributed by atoms with van der Waals surface area (Å²) < 4.78 is 10.5. The number of furan rings is 1. The van der Waals surface area contributed by atoms with Crippen LogP contribution < -0.4 is 4.74 Å². The van der Waals surface area contributed by atoms with Gasteiger partial charge in [0, 0.05) is 26.1 Å². The van der Waals surface area contributed by atoms with Gasteiger partial charge < -0.3 is 19.2 Å². The number of benzene rings is 1. The molecule has 0 saturated carbocycles. The molecule has 0 atom stereocenters. The number of carboxylic acid groups (broad SMARTS) is 1. The molecule has 23 heavy (non-hydrogen) atoms. The van der Waals surface area contributed by atoms with Gasteiger partial charge in [0.25, 0.3) is 5.91 Å². The number of methoxy groups -OCH3 is 1. The van der Waals surface area contributed by atoms with Crippen molar-refractivity contribution in [2.45, 2.75) is 19.9 Å². The first-order chi connectivity index (χ1) is 11.0. The van der Waals surface area contributed by atoms with Crippen LogP contribution in [0, 0.1) is 0 Å². The maximum atomic E-state index is 12.4. The van der Waals surface area contributed by atoms with Crippen LogP contribution in [0.5, 0.6) is 5.75 Å². The Hall–Kier alpha value is -2.76. The number of hydrogen-bond acceptors (Lipinski definition) is 4. The van der Waals surface area contributed by atoms with Crippen molar-refractivity contribution in [3.05, 3.63) is 53.0 Å². The Morgan fingerprint density at radius 2 is 2.04 bits per heavy atom. The van der Waals surface area contributed by atoms with E-state index < -0.39 is 5.97 Å². The molecule has 1 heterocycles. The summed E-state index contributed by atoms with van der Waals surface area (Å²) in [4.78, 5) is 25.0. The molecule has 122 valence electrons. The molecule has 1 aromatic heterocycles. The molecule has 1 aromatic carbocycles. The summed E-state index contributed by atoms with van der Waals surface area (Å²) in [6.07, 6.45) is 0.411. The van der Waals surface area contributed by atoms with Crippen LogP contribution in [0.15, 0.2) is 34.7 Å². The molecule has 0 unspecified atom stereocenters. The van der Waals surface area contributed by atoms with Gasteiger partial charge in [-0.3, -0.25) is 4.79 Å². The minimum atomic E-state index is -1.10. The highest BCUT2D eigenvalue weighted by molar-refractivity contribution is 5.96. The monoisotopic (exact) mass is 317 g/mol. The predicted octanol–water partition coefficient (Wildman–Crippen LogP) is 2.82. The molecule has 0 aliphatic heterocycles. The van der Waals surface area contributed by atoms with Crippen molar-refractivity contribution in [2.75, 3.05) is 14.2 Å². The van der Waals surface area contributed by atoms with Crippen LogP contribution in [0.1, 0.15) is 39.2 Å². The summed E-state index contributed by atoms with van der Waals surface area (Å²) in [7, 11) is 3.22. The fourth-order valence-electron chi connectivity index (χ4n) is 2.28. The minimum Gasteiger partial charge on any atom is -0.497 e. The highest BCUT2D eigenvalue weighted by atomic mass is 16.5. The van der Waals surface area contributed by atoms with Crippen LogP contribution in [-0.4, -0.2) is 36.0 Å². The Morgan fingerprint density at radius 3 is 2.61 bits per heavy atom. The molecule has 0 spiro atoms. The predicted molar refractivity (Wildman–Crippen MR) is 83.8 cm³/mol.